The van der Waals surface area contributed by atoms with Gasteiger partial charge in [0, 0.05) is 0 Å². The maximum Gasteiger partial charge on any atom is 0.325 e. The third-order valence-corrected chi connectivity index (χ3v) is 4.50. The molecule has 170 valence electrons. The Labute approximate surface area is 181 Å². The maximum absolute atomic E-state index is 12.8. The van der Waals surface area contributed by atoms with E-state index in [0.29, 0.717) is 6.42 Å². The lowest BCUT2D eigenvalue weighted by Crippen LogP contribution is -2.46. The molecule has 0 spiro atoms. The first-order valence-electron chi connectivity index (χ1n) is 9.83. The number of carbonyl (C=O) groups excluding carboxylic acids is 4. The Morgan fingerprint density at radius 2 is 1.65 bits per heavy atom. The summed E-state index contributed by atoms with van der Waals surface area (Å²) in [6, 6.07) is 7.17. The van der Waals surface area contributed by atoms with Crippen molar-refractivity contribution < 1.29 is 33.4 Å². The highest BCUT2D eigenvalue weighted by atomic mass is 16.6. The molecule has 0 fully saturated rings. The zero-order valence-corrected chi connectivity index (χ0v) is 18.0. The van der Waals surface area contributed by atoms with Crippen LogP contribution in [0.5, 0.6) is 0 Å². The van der Waals surface area contributed by atoms with Crippen molar-refractivity contribution in [1.82, 2.24) is 5.32 Å². The summed E-state index contributed by atoms with van der Waals surface area (Å²) in [6.45, 7) is 2.86. The number of nitrogens with zero attached hydrogens (tertiary/aromatic N) is 1. The molecular formula is C21H29N3O7. The van der Waals surface area contributed by atoms with E-state index in [4.69, 9.17) is 15.3 Å². The second-order valence-corrected chi connectivity index (χ2v) is 6.57. The van der Waals surface area contributed by atoms with E-state index in [1.54, 1.807) is 38.1 Å². The molecule has 1 aromatic carbocycles. The number of nitrogens with one attached hydrogen (secondary N) is 1. The van der Waals surface area contributed by atoms with Gasteiger partial charge < -0.3 is 25.4 Å². The molecule has 0 saturated carbocycles. The molecule has 0 aliphatic heterocycles. The van der Waals surface area contributed by atoms with Crippen LogP contribution in [0.25, 0.3) is 0 Å². The van der Waals surface area contributed by atoms with Gasteiger partial charge in [-0.05, 0) is 37.8 Å². The molecule has 1 aromatic rings. The van der Waals surface area contributed by atoms with E-state index in [1.807, 2.05) is 0 Å². The lowest BCUT2D eigenvalue weighted by Gasteiger charge is -2.28. The Morgan fingerprint density at radius 3 is 2.13 bits per heavy atom. The number of benzene rings is 1. The van der Waals surface area contributed by atoms with Crippen LogP contribution < -0.4 is 11.2 Å². The summed E-state index contributed by atoms with van der Waals surface area (Å²) in [4.78, 5) is 49.5. The summed E-state index contributed by atoms with van der Waals surface area (Å²) < 4.78 is 14.7. The number of amides is 1. The van der Waals surface area contributed by atoms with E-state index >= 15 is 0 Å². The van der Waals surface area contributed by atoms with Crippen LogP contribution in [-0.4, -0.2) is 56.9 Å². The fourth-order valence-corrected chi connectivity index (χ4v) is 2.85. The first-order valence-corrected chi connectivity index (χ1v) is 9.83. The SMILES string of the molecule is CCOC(=O)C(CCc1ccc(C=NN)cc1)(CC(=O)NCC(=O)OC)C(=O)OCC. The molecule has 0 aromatic heterocycles. The molecule has 0 aliphatic rings. The first-order chi connectivity index (χ1) is 14.8. The second kappa shape index (κ2) is 13.0. The van der Waals surface area contributed by atoms with Gasteiger partial charge in [-0.3, -0.25) is 19.2 Å². The van der Waals surface area contributed by atoms with Gasteiger partial charge in [-0.25, -0.2) is 0 Å². The number of carbonyl (C=O) groups is 4. The molecule has 3 N–H and O–H groups in total. The molecule has 1 amide bonds. The molecule has 0 bridgehead atoms. The Hall–Kier alpha value is -3.43. The molecule has 10 nitrogen and oxygen atoms in total. The zero-order valence-electron chi connectivity index (χ0n) is 18.0. The minimum atomic E-state index is -1.86. The van der Waals surface area contributed by atoms with E-state index < -0.39 is 35.7 Å². The average Bonchev–Trinajstić information content (AvgIpc) is 2.76. The summed E-state index contributed by atoms with van der Waals surface area (Å²) in [5.74, 6) is 2.09. The van der Waals surface area contributed by atoms with Crippen molar-refractivity contribution in [3.8, 4) is 0 Å². The number of nitrogens with two attached hydrogens (primary N) is 1. The molecule has 0 unspecified atom stereocenters. The lowest BCUT2D eigenvalue weighted by atomic mass is 9.78. The molecule has 0 aliphatic carbocycles. The van der Waals surface area contributed by atoms with Crippen molar-refractivity contribution in [1.29, 1.82) is 0 Å². The summed E-state index contributed by atoms with van der Waals surface area (Å²) in [5.41, 5.74) is -0.249. The van der Waals surface area contributed by atoms with E-state index in [0.717, 1.165) is 11.1 Å². The Morgan fingerprint density at radius 1 is 1.06 bits per heavy atom. The number of methoxy groups -OCH3 is 1. The van der Waals surface area contributed by atoms with Crippen molar-refractivity contribution in [3.63, 3.8) is 0 Å². The molecule has 0 atom stereocenters. The number of aryl methyl sites for hydroxylation is 1. The second-order valence-electron chi connectivity index (χ2n) is 6.57. The van der Waals surface area contributed by atoms with Crippen LogP contribution in [0, 0.1) is 5.41 Å². The van der Waals surface area contributed by atoms with Gasteiger partial charge >= 0.3 is 17.9 Å². The van der Waals surface area contributed by atoms with Crippen LogP contribution in [-0.2, 0) is 39.8 Å². The van der Waals surface area contributed by atoms with Gasteiger partial charge in [0.1, 0.15) is 6.54 Å². The van der Waals surface area contributed by atoms with Gasteiger partial charge in [-0.1, -0.05) is 24.3 Å². The largest absolute Gasteiger partial charge is 0.468 e. The fourth-order valence-electron chi connectivity index (χ4n) is 2.85. The third-order valence-electron chi connectivity index (χ3n) is 4.50. The maximum atomic E-state index is 12.8. The minimum absolute atomic E-state index is 0.0247. The highest BCUT2D eigenvalue weighted by Gasteiger charge is 2.50. The quantitative estimate of drug-likeness (QED) is 0.122. The predicted octanol–water partition coefficient (Wildman–Crippen LogP) is 0.704. The van der Waals surface area contributed by atoms with Crippen LogP contribution in [0.1, 0.15) is 37.8 Å². The van der Waals surface area contributed by atoms with E-state index in [-0.39, 0.29) is 26.2 Å². The Balaban J connectivity index is 3.14. The van der Waals surface area contributed by atoms with Crippen LogP contribution >= 0.6 is 0 Å². The highest BCUT2D eigenvalue weighted by Crippen LogP contribution is 2.32. The molecular weight excluding hydrogens is 406 g/mol. The molecule has 0 heterocycles. The number of hydrazone groups is 1. The minimum Gasteiger partial charge on any atom is -0.468 e. The molecule has 0 saturated heterocycles. The van der Waals surface area contributed by atoms with Crippen LogP contribution in [0.3, 0.4) is 0 Å². The molecule has 0 radical (unpaired) electrons. The van der Waals surface area contributed by atoms with Crippen molar-refractivity contribution in [2.45, 2.75) is 33.1 Å². The predicted molar refractivity (Wildman–Crippen MR) is 112 cm³/mol. The monoisotopic (exact) mass is 435 g/mol. The van der Waals surface area contributed by atoms with Crippen LogP contribution in [0.4, 0.5) is 0 Å². The number of hydrogen-bond donors (Lipinski definition) is 2. The van der Waals surface area contributed by atoms with Gasteiger partial charge in [0.25, 0.3) is 0 Å². The van der Waals surface area contributed by atoms with Crippen LogP contribution in [0.2, 0.25) is 0 Å². The van der Waals surface area contributed by atoms with E-state index in [1.165, 1.54) is 13.3 Å². The van der Waals surface area contributed by atoms with E-state index in [9.17, 15) is 19.2 Å². The molecule has 31 heavy (non-hydrogen) atoms. The Kier molecular flexibility index (Phi) is 10.7. The topological polar surface area (TPSA) is 146 Å². The normalized spacial score (nSPS) is 11.1. The van der Waals surface area contributed by atoms with Gasteiger partial charge in [-0.2, -0.15) is 5.10 Å². The lowest BCUT2D eigenvalue weighted by molar-refractivity contribution is -0.174. The fraction of sp³-hybridized carbons (Fsp3) is 0.476. The van der Waals surface area contributed by atoms with E-state index in [2.05, 4.69) is 15.2 Å². The van der Waals surface area contributed by atoms with Crippen LogP contribution in [0.15, 0.2) is 29.4 Å². The summed E-state index contributed by atoms with van der Waals surface area (Å²) in [5, 5.41) is 5.80. The third kappa shape index (κ3) is 7.72. The van der Waals surface area contributed by atoms with Gasteiger partial charge in [-0.15, -0.1) is 0 Å². The van der Waals surface area contributed by atoms with Gasteiger partial charge in [0.2, 0.25) is 5.91 Å². The number of hydrogen-bond acceptors (Lipinski definition) is 9. The summed E-state index contributed by atoms with van der Waals surface area (Å²) >= 11 is 0. The zero-order chi connectivity index (χ0) is 23.3. The summed E-state index contributed by atoms with van der Waals surface area (Å²) in [6.07, 6.45) is 1.22. The number of ether oxygens (including phenoxy) is 3. The summed E-state index contributed by atoms with van der Waals surface area (Å²) in [7, 11) is 1.18. The van der Waals surface area contributed by atoms with Gasteiger partial charge in [0.05, 0.1) is 33.0 Å². The number of rotatable bonds is 12. The standard InChI is InChI=1S/C21H29N3O7/c1-4-30-19(27)21(20(28)31-5-2,12-17(25)23-14-18(26)29-3)11-10-15-6-8-16(9-7-15)13-24-22/h6-9,13H,4-5,10-12,14,22H2,1-3H3,(H,23,25). The first kappa shape index (κ1) is 25.6. The van der Waals surface area contributed by atoms with Crippen molar-refractivity contribution in [2.24, 2.45) is 16.4 Å². The molecule has 10 heteroatoms. The number of esters is 3. The van der Waals surface area contributed by atoms with Crippen molar-refractivity contribution >= 4 is 30.0 Å². The molecule has 1 rings (SSSR count). The Bertz CT molecular complexity index is 773. The van der Waals surface area contributed by atoms with Crippen molar-refractivity contribution in [2.75, 3.05) is 26.9 Å². The smallest absolute Gasteiger partial charge is 0.325 e. The average molecular weight is 435 g/mol. The highest BCUT2D eigenvalue weighted by molar-refractivity contribution is 6.04. The van der Waals surface area contributed by atoms with Crippen molar-refractivity contribution in [3.05, 3.63) is 35.4 Å². The van der Waals surface area contributed by atoms with Gasteiger partial charge in [0.15, 0.2) is 5.41 Å².